The van der Waals surface area contributed by atoms with Crippen LogP contribution in [0, 0.1) is 5.92 Å². The normalized spacial score (nSPS) is 12.2. The first-order valence-corrected chi connectivity index (χ1v) is 6.06. The predicted octanol–water partition coefficient (Wildman–Crippen LogP) is 2.16. The average molecular weight is 286 g/mol. The van der Waals surface area contributed by atoms with E-state index in [-0.39, 0.29) is 11.8 Å². The summed E-state index contributed by atoms with van der Waals surface area (Å²) in [6, 6.07) is 3.59. The number of hydrogen-bond acceptors (Lipinski definition) is 3. The van der Waals surface area contributed by atoms with Gasteiger partial charge in [-0.3, -0.25) is 4.79 Å². The maximum Gasteiger partial charge on any atom is 0.224 e. The Balaban J connectivity index is 2.48. The Morgan fingerprint density at radius 1 is 1.62 bits per heavy atom. The second-order valence-electron chi connectivity index (χ2n) is 3.63. The Hall–Kier alpha value is -0.940. The molecule has 0 aliphatic rings. The molecule has 1 amide bonds. The van der Waals surface area contributed by atoms with Crippen LogP contribution >= 0.6 is 15.9 Å². The van der Waals surface area contributed by atoms with Crippen molar-refractivity contribution in [1.29, 1.82) is 0 Å². The molecule has 88 valence electrons. The van der Waals surface area contributed by atoms with Crippen LogP contribution in [0.4, 0.5) is 5.69 Å². The van der Waals surface area contributed by atoms with Crippen LogP contribution in [0.3, 0.4) is 0 Å². The third-order valence-corrected chi connectivity index (χ3v) is 2.86. The Morgan fingerprint density at radius 2 is 2.38 bits per heavy atom. The smallest absolute Gasteiger partial charge is 0.224 e. The zero-order chi connectivity index (χ0) is 12.0. The molecule has 0 saturated heterocycles. The topological polar surface area (TPSA) is 68.0 Å². The number of carbonyl (C=O) groups is 1. The van der Waals surface area contributed by atoms with E-state index in [9.17, 15) is 4.79 Å². The number of halogens is 1. The highest BCUT2D eigenvalue weighted by molar-refractivity contribution is 9.10. The lowest BCUT2D eigenvalue weighted by molar-refractivity contribution is -0.117. The van der Waals surface area contributed by atoms with Gasteiger partial charge in [0.05, 0.1) is 11.9 Å². The highest BCUT2D eigenvalue weighted by atomic mass is 79.9. The minimum atomic E-state index is -0.0126. The summed E-state index contributed by atoms with van der Waals surface area (Å²) in [4.78, 5) is 15.6. The van der Waals surface area contributed by atoms with E-state index in [1.54, 1.807) is 18.3 Å². The minimum Gasteiger partial charge on any atom is -0.330 e. The number of nitrogens with zero attached hydrogens (tertiary/aromatic N) is 1. The summed E-state index contributed by atoms with van der Waals surface area (Å²) in [7, 11) is 0. The zero-order valence-electron chi connectivity index (χ0n) is 9.24. The van der Waals surface area contributed by atoms with Crippen LogP contribution < -0.4 is 11.1 Å². The van der Waals surface area contributed by atoms with Crippen LogP contribution in [0.2, 0.25) is 0 Å². The van der Waals surface area contributed by atoms with Crippen molar-refractivity contribution in [2.24, 2.45) is 11.7 Å². The van der Waals surface area contributed by atoms with Gasteiger partial charge in [0, 0.05) is 6.42 Å². The van der Waals surface area contributed by atoms with E-state index in [4.69, 9.17) is 5.73 Å². The number of aromatic nitrogens is 1. The molecule has 0 spiro atoms. The second-order valence-corrected chi connectivity index (χ2v) is 4.44. The Morgan fingerprint density at radius 3 is 2.88 bits per heavy atom. The van der Waals surface area contributed by atoms with Gasteiger partial charge in [0.15, 0.2) is 0 Å². The molecule has 1 unspecified atom stereocenters. The molecule has 0 aromatic carbocycles. The Labute approximate surface area is 104 Å². The van der Waals surface area contributed by atoms with Gasteiger partial charge in [-0.25, -0.2) is 4.98 Å². The van der Waals surface area contributed by atoms with E-state index in [0.717, 1.165) is 11.0 Å². The fourth-order valence-corrected chi connectivity index (χ4v) is 1.55. The van der Waals surface area contributed by atoms with Gasteiger partial charge in [-0.15, -0.1) is 0 Å². The molecule has 16 heavy (non-hydrogen) atoms. The third-order valence-electron chi connectivity index (χ3n) is 2.40. The standard InChI is InChI=1S/C11H16BrN3O/c1-2-8(6-13)5-11(16)15-9-3-4-10(12)14-7-9/h3-4,7-8H,2,5-6,13H2,1H3,(H,15,16). The van der Waals surface area contributed by atoms with E-state index in [1.165, 1.54) is 0 Å². The second kappa shape index (κ2) is 6.60. The van der Waals surface area contributed by atoms with E-state index in [0.29, 0.717) is 18.7 Å². The van der Waals surface area contributed by atoms with Crippen molar-refractivity contribution in [3.63, 3.8) is 0 Å². The average Bonchev–Trinajstić information content (AvgIpc) is 2.29. The molecule has 0 radical (unpaired) electrons. The van der Waals surface area contributed by atoms with Crippen LogP contribution in [-0.4, -0.2) is 17.4 Å². The van der Waals surface area contributed by atoms with E-state index < -0.39 is 0 Å². The van der Waals surface area contributed by atoms with E-state index in [1.807, 2.05) is 6.92 Å². The van der Waals surface area contributed by atoms with Crippen LogP contribution in [0.1, 0.15) is 19.8 Å². The van der Waals surface area contributed by atoms with Crippen LogP contribution in [0.5, 0.6) is 0 Å². The lowest BCUT2D eigenvalue weighted by atomic mass is 10.0. The molecule has 5 heteroatoms. The highest BCUT2D eigenvalue weighted by Gasteiger charge is 2.10. The molecular formula is C11H16BrN3O. The molecule has 4 nitrogen and oxygen atoms in total. The number of hydrogen-bond donors (Lipinski definition) is 2. The summed E-state index contributed by atoms with van der Waals surface area (Å²) in [5.74, 6) is 0.241. The summed E-state index contributed by atoms with van der Waals surface area (Å²) < 4.78 is 0.749. The maximum atomic E-state index is 11.6. The maximum absolute atomic E-state index is 11.6. The summed E-state index contributed by atoms with van der Waals surface area (Å²) in [5.41, 5.74) is 6.25. The molecule has 1 rings (SSSR count). The summed E-state index contributed by atoms with van der Waals surface area (Å²) in [5, 5.41) is 2.79. The molecule has 0 aliphatic carbocycles. The molecular weight excluding hydrogens is 270 g/mol. The molecule has 3 N–H and O–H groups in total. The highest BCUT2D eigenvalue weighted by Crippen LogP contribution is 2.12. The molecule has 0 fully saturated rings. The van der Waals surface area contributed by atoms with Crippen molar-refractivity contribution < 1.29 is 4.79 Å². The minimum absolute atomic E-state index is 0.0126. The lowest BCUT2D eigenvalue weighted by Crippen LogP contribution is -2.21. The van der Waals surface area contributed by atoms with Crippen molar-refractivity contribution in [1.82, 2.24) is 4.98 Å². The van der Waals surface area contributed by atoms with Gasteiger partial charge < -0.3 is 11.1 Å². The number of rotatable bonds is 5. The Kier molecular flexibility index (Phi) is 5.42. The molecule has 1 aromatic rings. The van der Waals surface area contributed by atoms with Gasteiger partial charge in [-0.2, -0.15) is 0 Å². The molecule has 0 saturated carbocycles. The summed E-state index contributed by atoms with van der Waals surface area (Å²) in [6.07, 6.45) is 3.00. The van der Waals surface area contributed by atoms with Crippen LogP contribution in [0.15, 0.2) is 22.9 Å². The summed E-state index contributed by atoms with van der Waals surface area (Å²) in [6.45, 7) is 2.58. The lowest BCUT2D eigenvalue weighted by Gasteiger charge is -2.11. The van der Waals surface area contributed by atoms with Crippen molar-refractivity contribution in [2.45, 2.75) is 19.8 Å². The van der Waals surface area contributed by atoms with E-state index in [2.05, 4.69) is 26.2 Å². The summed E-state index contributed by atoms with van der Waals surface area (Å²) >= 11 is 3.23. The fraction of sp³-hybridized carbons (Fsp3) is 0.455. The number of amides is 1. The van der Waals surface area contributed by atoms with Gasteiger partial charge >= 0.3 is 0 Å². The van der Waals surface area contributed by atoms with Crippen molar-refractivity contribution in [3.05, 3.63) is 22.9 Å². The van der Waals surface area contributed by atoms with Crippen LogP contribution in [-0.2, 0) is 4.79 Å². The molecule has 0 bridgehead atoms. The molecule has 1 aromatic heterocycles. The van der Waals surface area contributed by atoms with Gasteiger partial charge in [0.1, 0.15) is 4.60 Å². The van der Waals surface area contributed by atoms with Gasteiger partial charge in [0.2, 0.25) is 5.91 Å². The first kappa shape index (κ1) is 13.1. The van der Waals surface area contributed by atoms with Gasteiger partial charge in [0.25, 0.3) is 0 Å². The number of nitrogens with one attached hydrogen (secondary N) is 1. The number of pyridine rings is 1. The third kappa shape index (κ3) is 4.28. The van der Waals surface area contributed by atoms with Crippen molar-refractivity contribution in [3.8, 4) is 0 Å². The monoisotopic (exact) mass is 285 g/mol. The quantitative estimate of drug-likeness (QED) is 0.815. The van der Waals surface area contributed by atoms with Gasteiger partial charge in [-0.05, 0) is 40.5 Å². The Bertz CT molecular complexity index is 336. The predicted molar refractivity (Wildman–Crippen MR) is 68.0 cm³/mol. The number of anilines is 1. The largest absolute Gasteiger partial charge is 0.330 e. The SMILES string of the molecule is CCC(CN)CC(=O)Nc1ccc(Br)nc1. The van der Waals surface area contributed by atoms with Crippen LogP contribution in [0.25, 0.3) is 0 Å². The molecule has 1 heterocycles. The molecule has 0 aliphatic heterocycles. The van der Waals surface area contributed by atoms with Crippen molar-refractivity contribution >= 4 is 27.5 Å². The zero-order valence-corrected chi connectivity index (χ0v) is 10.8. The molecule has 1 atom stereocenters. The van der Waals surface area contributed by atoms with Gasteiger partial charge in [-0.1, -0.05) is 13.3 Å². The van der Waals surface area contributed by atoms with Crippen molar-refractivity contribution in [2.75, 3.05) is 11.9 Å². The number of nitrogens with two attached hydrogens (primary N) is 1. The first-order valence-electron chi connectivity index (χ1n) is 5.27. The number of carbonyl (C=O) groups excluding carboxylic acids is 1. The van der Waals surface area contributed by atoms with E-state index >= 15 is 0 Å². The fourth-order valence-electron chi connectivity index (χ4n) is 1.32. The first-order chi connectivity index (χ1) is 7.65.